The number of rotatable bonds is 3. The van der Waals surface area contributed by atoms with Crippen molar-refractivity contribution in [1.82, 2.24) is 14.9 Å². The number of Topliss-reactive ketones (excluding diaryl/α,β-unsaturated/α-hetero) is 1. The fraction of sp³-hybridized carbons (Fsp3) is 0.467. The largest absolute Gasteiger partial charge is 0.334 e. The van der Waals surface area contributed by atoms with Crippen LogP contribution in [-0.4, -0.2) is 28.4 Å². The van der Waals surface area contributed by atoms with E-state index in [-0.39, 0.29) is 5.78 Å². The van der Waals surface area contributed by atoms with Gasteiger partial charge in [0.1, 0.15) is 0 Å². The van der Waals surface area contributed by atoms with Gasteiger partial charge in [-0.3, -0.25) is 4.79 Å². The van der Waals surface area contributed by atoms with Gasteiger partial charge in [-0.15, -0.1) is 0 Å². The first-order chi connectivity index (χ1) is 9.24. The molecule has 1 aliphatic heterocycles. The topological polar surface area (TPSA) is 46.9 Å². The summed E-state index contributed by atoms with van der Waals surface area (Å²) >= 11 is 0. The number of nitrogens with zero attached hydrogens (tertiary/aromatic N) is 2. The Balaban J connectivity index is 1.77. The van der Waals surface area contributed by atoms with Crippen molar-refractivity contribution in [2.75, 3.05) is 13.1 Å². The molecule has 4 nitrogen and oxygen atoms in total. The lowest BCUT2D eigenvalue weighted by atomic mass is 9.90. The van der Waals surface area contributed by atoms with Gasteiger partial charge in [-0.2, -0.15) is 0 Å². The van der Waals surface area contributed by atoms with Crippen molar-refractivity contribution in [3.05, 3.63) is 30.1 Å². The summed E-state index contributed by atoms with van der Waals surface area (Å²) in [5.74, 6) is 0.785. The predicted octanol–water partition coefficient (Wildman–Crippen LogP) is 2.15. The second kappa shape index (κ2) is 5.13. The molecule has 0 amide bonds. The molecule has 2 heterocycles. The Morgan fingerprint density at radius 1 is 1.42 bits per heavy atom. The molecule has 0 bridgehead atoms. The van der Waals surface area contributed by atoms with Gasteiger partial charge in [0.25, 0.3) is 0 Å². The number of fused-ring (bicyclic) bond motifs is 1. The maximum absolute atomic E-state index is 12.3. The third kappa shape index (κ3) is 2.54. The molecule has 3 rings (SSSR count). The zero-order valence-electron chi connectivity index (χ0n) is 11.2. The molecule has 0 aliphatic carbocycles. The number of hydrogen-bond donors (Lipinski definition) is 1. The highest BCUT2D eigenvalue weighted by molar-refractivity contribution is 5.99. The molecule has 1 aliphatic rings. The molecular formula is C15H19N3O. The molecule has 0 radical (unpaired) electrons. The van der Waals surface area contributed by atoms with Gasteiger partial charge in [-0.1, -0.05) is 0 Å². The smallest absolute Gasteiger partial charge is 0.163 e. The molecule has 4 heteroatoms. The number of carbonyl (C=O) groups excluding carboxylic acids is 1. The van der Waals surface area contributed by atoms with E-state index in [4.69, 9.17) is 0 Å². The van der Waals surface area contributed by atoms with Crippen molar-refractivity contribution >= 4 is 16.8 Å². The fourth-order valence-electron chi connectivity index (χ4n) is 2.78. The Morgan fingerprint density at radius 3 is 3.00 bits per heavy atom. The van der Waals surface area contributed by atoms with E-state index in [1.54, 1.807) is 6.33 Å². The lowest BCUT2D eigenvalue weighted by Crippen LogP contribution is -2.28. The third-order valence-electron chi connectivity index (χ3n) is 3.98. The van der Waals surface area contributed by atoms with Crippen molar-refractivity contribution < 1.29 is 4.79 Å². The maximum atomic E-state index is 12.3. The Bertz CT molecular complexity index is 596. The summed E-state index contributed by atoms with van der Waals surface area (Å²) in [6, 6.07) is 5.82. The summed E-state index contributed by atoms with van der Waals surface area (Å²) in [7, 11) is 1.96. The highest BCUT2D eigenvalue weighted by Gasteiger charge is 2.18. The van der Waals surface area contributed by atoms with Crippen LogP contribution in [0, 0.1) is 5.92 Å². The molecule has 1 N–H and O–H groups in total. The number of hydrogen-bond acceptors (Lipinski definition) is 3. The molecule has 1 saturated heterocycles. The van der Waals surface area contributed by atoms with E-state index < -0.39 is 0 Å². The number of benzene rings is 1. The number of imidazole rings is 1. The minimum Gasteiger partial charge on any atom is -0.334 e. The van der Waals surface area contributed by atoms with Crippen LogP contribution in [0.15, 0.2) is 24.5 Å². The van der Waals surface area contributed by atoms with E-state index >= 15 is 0 Å². The van der Waals surface area contributed by atoms with Crippen LogP contribution in [0.5, 0.6) is 0 Å². The molecule has 1 aromatic carbocycles. The van der Waals surface area contributed by atoms with Crippen molar-refractivity contribution in [2.24, 2.45) is 13.0 Å². The van der Waals surface area contributed by atoms with Gasteiger partial charge in [-0.05, 0) is 50.0 Å². The SMILES string of the molecule is Cn1cnc2cc(C(=O)CC3CCNCC3)ccc21. The maximum Gasteiger partial charge on any atom is 0.163 e. The van der Waals surface area contributed by atoms with E-state index in [0.29, 0.717) is 12.3 Å². The second-order valence-corrected chi connectivity index (χ2v) is 5.38. The van der Waals surface area contributed by atoms with Crippen LogP contribution in [0.2, 0.25) is 0 Å². The molecule has 1 fully saturated rings. The Morgan fingerprint density at radius 2 is 2.21 bits per heavy atom. The molecule has 100 valence electrons. The molecule has 0 spiro atoms. The first kappa shape index (κ1) is 12.4. The van der Waals surface area contributed by atoms with Gasteiger partial charge in [0.2, 0.25) is 0 Å². The Labute approximate surface area is 112 Å². The van der Waals surface area contributed by atoms with Crippen LogP contribution in [0.3, 0.4) is 0 Å². The molecule has 2 aromatic rings. The first-order valence-electron chi connectivity index (χ1n) is 6.89. The molecule has 0 saturated carbocycles. The lowest BCUT2D eigenvalue weighted by molar-refractivity contribution is 0.0952. The summed E-state index contributed by atoms with van der Waals surface area (Å²) in [6.45, 7) is 2.08. The van der Waals surface area contributed by atoms with Crippen molar-refractivity contribution in [1.29, 1.82) is 0 Å². The van der Waals surface area contributed by atoms with Crippen LogP contribution in [0.25, 0.3) is 11.0 Å². The second-order valence-electron chi connectivity index (χ2n) is 5.38. The van der Waals surface area contributed by atoms with Crippen molar-refractivity contribution in [3.63, 3.8) is 0 Å². The number of aryl methyl sites for hydroxylation is 1. The quantitative estimate of drug-likeness (QED) is 0.857. The lowest BCUT2D eigenvalue weighted by Gasteiger charge is -2.21. The van der Waals surface area contributed by atoms with E-state index in [2.05, 4.69) is 10.3 Å². The summed E-state index contributed by atoms with van der Waals surface area (Å²) in [6.07, 6.45) is 4.67. The highest BCUT2D eigenvalue weighted by atomic mass is 16.1. The van der Waals surface area contributed by atoms with Crippen molar-refractivity contribution in [2.45, 2.75) is 19.3 Å². The van der Waals surface area contributed by atoms with Crippen LogP contribution in [-0.2, 0) is 7.05 Å². The van der Waals surface area contributed by atoms with E-state index in [1.807, 2.05) is 29.8 Å². The Kier molecular flexibility index (Phi) is 3.34. The zero-order chi connectivity index (χ0) is 13.2. The molecule has 19 heavy (non-hydrogen) atoms. The number of carbonyl (C=O) groups is 1. The first-order valence-corrected chi connectivity index (χ1v) is 6.89. The average molecular weight is 257 g/mol. The van der Waals surface area contributed by atoms with E-state index in [1.165, 1.54) is 0 Å². The normalized spacial score (nSPS) is 16.9. The van der Waals surface area contributed by atoms with Gasteiger partial charge < -0.3 is 9.88 Å². The number of piperidine rings is 1. The Hall–Kier alpha value is -1.68. The monoisotopic (exact) mass is 257 g/mol. The summed E-state index contributed by atoms with van der Waals surface area (Å²) < 4.78 is 1.97. The van der Waals surface area contributed by atoms with Gasteiger partial charge in [-0.25, -0.2) is 4.98 Å². The minimum atomic E-state index is 0.249. The van der Waals surface area contributed by atoms with E-state index in [0.717, 1.165) is 42.5 Å². The standard InChI is InChI=1S/C15H19N3O/c1-18-10-17-13-9-12(2-3-14(13)18)15(19)8-11-4-6-16-7-5-11/h2-3,9-11,16H,4-8H2,1H3. The fourth-order valence-corrected chi connectivity index (χ4v) is 2.78. The molecular weight excluding hydrogens is 238 g/mol. The molecule has 1 aromatic heterocycles. The summed E-state index contributed by atoms with van der Waals surface area (Å²) in [5.41, 5.74) is 2.77. The van der Waals surface area contributed by atoms with Crippen LogP contribution in [0.4, 0.5) is 0 Å². The zero-order valence-corrected chi connectivity index (χ0v) is 11.2. The number of aromatic nitrogens is 2. The van der Waals surface area contributed by atoms with Gasteiger partial charge >= 0.3 is 0 Å². The molecule has 0 unspecified atom stereocenters. The number of nitrogens with one attached hydrogen (secondary N) is 1. The highest BCUT2D eigenvalue weighted by Crippen LogP contribution is 2.21. The summed E-state index contributed by atoms with van der Waals surface area (Å²) in [4.78, 5) is 16.6. The van der Waals surface area contributed by atoms with Gasteiger partial charge in [0, 0.05) is 19.0 Å². The summed E-state index contributed by atoms with van der Waals surface area (Å²) in [5, 5.41) is 3.33. The van der Waals surface area contributed by atoms with Crippen LogP contribution in [0.1, 0.15) is 29.6 Å². The van der Waals surface area contributed by atoms with Crippen LogP contribution < -0.4 is 5.32 Å². The molecule has 0 atom stereocenters. The predicted molar refractivity (Wildman–Crippen MR) is 75.3 cm³/mol. The van der Waals surface area contributed by atoms with Gasteiger partial charge in [0.15, 0.2) is 5.78 Å². The number of ketones is 1. The average Bonchev–Trinajstić information content (AvgIpc) is 2.81. The van der Waals surface area contributed by atoms with E-state index in [9.17, 15) is 4.79 Å². The van der Waals surface area contributed by atoms with Crippen molar-refractivity contribution in [3.8, 4) is 0 Å². The minimum absolute atomic E-state index is 0.249. The van der Waals surface area contributed by atoms with Gasteiger partial charge in [0.05, 0.1) is 17.4 Å². The third-order valence-corrected chi connectivity index (χ3v) is 3.98. The van der Waals surface area contributed by atoms with Crippen LogP contribution >= 0.6 is 0 Å².